The van der Waals surface area contributed by atoms with Gasteiger partial charge in [0, 0.05) is 23.7 Å². The summed E-state index contributed by atoms with van der Waals surface area (Å²) in [6.45, 7) is 2.82. The number of hydrogen-bond donors (Lipinski definition) is 1. The van der Waals surface area contributed by atoms with E-state index in [1.807, 2.05) is 30.3 Å². The smallest absolute Gasteiger partial charge is 0.277 e. The first kappa shape index (κ1) is 21.5. The largest absolute Gasteiger partial charge is 0.497 e. The first-order valence-electron chi connectivity index (χ1n) is 9.65. The van der Waals surface area contributed by atoms with Crippen molar-refractivity contribution in [3.8, 4) is 17.2 Å². The molecule has 1 N–H and O–H groups in total. The summed E-state index contributed by atoms with van der Waals surface area (Å²) in [7, 11) is 1.59. The summed E-state index contributed by atoms with van der Waals surface area (Å²) in [4.78, 5) is 14.7. The Hall–Kier alpha value is -2.75. The van der Waals surface area contributed by atoms with Crippen LogP contribution >= 0.6 is 23.4 Å². The lowest BCUT2D eigenvalue weighted by atomic mass is 10.2. The van der Waals surface area contributed by atoms with E-state index in [2.05, 4.69) is 20.4 Å². The normalized spacial score (nSPS) is 13.8. The molecule has 2 heterocycles. The van der Waals surface area contributed by atoms with Crippen molar-refractivity contribution in [2.24, 2.45) is 0 Å². The number of thioether (sulfide) groups is 1. The van der Waals surface area contributed by atoms with E-state index in [4.69, 9.17) is 25.5 Å². The van der Waals surface area contributed by atoms with E-state index in [0.29, 0.717) is 40.8 Å². The molecule has 1 aliphatic heterocycles. The van der Waals surface area contributed by atoms with Gasteiger partial charge in [0.15, 0.2) is 0 Å². The van der Waals surface area contributed by atoms with Crippen LogP contribution in [-0.4, -0.2) is 55.3 Å². The third-order valence-electron chi connectivity index (χ3n) is 4.63. The van der Waals surface area contributed by atoms with Crippen LogP contribution in [-0.2, 0) is 9.53 Å². The number of nitrogens with one attached hydrogen (secondary N) is 1. The van der Waals surface area contributed by atoms with Gasteiger partial charge in [-0.05, 0) is 36.4 Å². The molecule has 10 heteroatoms. The average molecular weight is 461 g/mol. The molecule has 0 saturated carbocycles. The highest BCUT2D eigenvalue weighted by atomic mass is 35.5. The second-order valence-corrected chi connectivity index (χ2v) is 8.07. The van der Waals surface area contributed by atoms with Gasteiger partial charge in [0.2, 0.25) is 11.8 Å². The van der Waals surface area contributed by atoms with Crippen LogP contribution in [0.25, 0.3) is 11.5 Å². The number of hydrogen-bond acceptors (Lipinski definition) is 8. The highest BCUT2D eigenvalue weighted by molar-refractivity contribution is 7.99. The van der Waals surface area contributed by atoms with Gasteiger partial charge in [-0.1, -0.05) is 29.4 Å². The van der Waals surface area contributed by atoms with Crippen molar-refractivity contribution in [3.63, 3.8) is 0 Å². The van der Waals surface area contributed by atoms with Gasteiger partial charge in [0.05, 0.1) is 37.5 Å². The van der Waals surface area contributed by atoms with Crippen molar-refractivity contribution in [1.82, 2.24) is 10.2 Å². The molecule has 4 rings (SSSR count). The quantitative estimate of drug-likeness (QED) is 0.530. The molecule has 1 aliphatic rings. The highest BCUT2D eigenvalue weighted by Gasteiger charge is 2.17. The molecule has 0 spiro atoms. The van der Waals surface area contributed by atoms with Crippen LogP contribution in [0.2, 0.25) is 5.02 Å². The van der Waals surface area contributed by atoms with Crippen LogP contribution in [0.5, 0.6) is 5.75 Å². The molecule has 8 nitrogen and oxygen atoms in total. The Morgan fingerprint density at radius 3 is 2.87 bits per heavy atom. The van der Waals surface area contributed by atoms with Crippen LogP contribution in [0.1, 0.15) is 0 Å². The highest BCUT2D eigenvalue weighted by Crippen LogP contribution is 2.31. The SMILES string of the molecule is COc1cccc(-c2nnc(SCC(=O)Nc3cc(Cl)ccc3N3CCOCC3)o2)c1. The molecular weight excluding hydrogens is 440 g/mol. The number of carbonyl (C=O) groups excluding carboxylic acids is 1. The Morgan fingerprint density at radius 2 is 2.06 bits per heavy atom. The molecule has 0 bridgehead atoms. The number of anilines is 2. The van der Waals surface area contributed by atoms with E-state index in [-0.39, 0.29) is 11.7 Å². The maximum atomic E-state index is 12.6. The van der Waals surface area contributed by atoms with E-state index in [0.717, 1.165) is 24.3 Å². The number of benzene rings is 2. The second-order valence-electron chi connectivity index (χ2n) is 6.70. The summed E-state index contributed by atoms with van der Waals surface area (Å²) in [6, 6.07) is 12.8. The summed E-state index contributed by atoms with van der Waals surface area (Å²) in [5.74, 6) is 0.991. The lowest BCUT2D eigenvalue weighted by Crippen LogP contribution is -2.36. The van der Waals surface area contributed by atoms with Gasteiger partial charge >= 0.3 is 0 Å². The fourth-order valence-corrected chi connectivity index (χ4v) is 3.88. The van der Waals surface area contributed by atoms with Crippen molar-refractivity contribution >= 4 is 40.6 Å². The minimum atomic E-state index is -0.192. The minimum absolute atomic E-state index is 0.120. The predicted molar refractivity (Wildman–Crippen MR) is 120 cm³/mol. The Balaban J connectivity index is 1.39. The molecule has 1 amide bonds. The zero-order chi connectivity index (χ0) is 21.6. The number of aromatic nitrogens is 2. The molecular formula is C21H21ClN4O4S. The summed E-state index contributed by atoms with van der Waals surface area (Å²) in [6.07, 6.45) is 0. The molecule has 31 heavy (non-hydrogen) atoms. The van der Waals surface area contributed by atoms with Gasteiger partial charge in [-0.25, -0.2) is 0 Å². The van der Waals surface area contributed by atoms with Gasteiger partial charge in [-0.15, -0.1) is 10.2 Å². The van der Waals surface area contributed by atoms with Crippen molar-refractivity contribution in [1.29, 1.82) is 0 Å². The van der Waals surface area contributed by atoms with E-state index in [1.165, 1.54) is 11.8 Å². The number of carbonyl (C=O) groups is 1. The fourth-order valence-electron chi connectivity index (χ4n) is 3.14. The third-order valence-corrected chi connectivity index (χ3v) is 5.69. The van der Waals surface area contributed by atoms with Gasteiger partial charge in [0.25, 0.3) is 5.22 Å². The second kappa shape index (κ2) is 10.0. The number of amides is 1. The standard InChI is InChI=1S/C21H21ClN4O4S/c1-28-16-4-2-3-14(11-16)20-24-25-21(30-20)31-13-19(27)23-17-12-15(22)5-6-18(17)26-7-9-29-10-8-26/h2-6,11-12H,7-10,13H2,1H3,(H,23,27). The Morgan fingerprint density at radius 1 is 1.23 bits per heavy atom. The first-order valence-corrected chi connectivity index (χ1v) is 11.0. The zero-order valence-electron chi connectivity index (χ0n) is 16.8. The minimum Gasteiger partial charge on any atom is -0.497 e. The Bertz CT molecular complexity index is 1060. The summed E-state index contributed by atoms with van der Waals surface area (Å²) < 4.78 is 16.3. The number of rotatable bonds is 7. The van der Waals surface area contributed by atoms with Crippen molar-refractivity contribution < 1.29 is 18.7 Å². The molecule has 1 aromatic heterocycles. The van der Waals surface area contributed by atoms with Crippen LogP contribution in [0.4, 0.5) is 11.4 Å². The first-order chi connectivity index (χ1) is 15.1. The fraction of sp³-hybridized carbons (Fsp3) is 0.286. The molecule has 0 aliphatic carbocycles. The molecule has 0 atom stereocenters. The van der Waals surface area contributed by atoms with E-state index < -0.39 is 0 Å². The number of ether oxygens (including phenoxy) is 2. The molecule has 3 aromatic rings. The molecule has 1 saturated heterocycles. The van der Waals surface area contributed by atoms with Crippen LogP contribution in [0, 0.1) is 0 Å². The van der Waals surface area contributed by atoms with Crippen LogP contribution < -0.4 is 15.0 Å². The van der Waals surface area contributed by atoms with Crippen molar-refractivity contribution in [2.75, 3.05) is 49.4 Å². The molecule has 0 radical (unpaired) electrons. The van der Waals surface area contributed by atoms with Gasteiger partial charge in [-0.2, -0.15) is 0 Å². The predicted octanol–water partition coefficient (Wildman–Crippen LogP) is 3.97. The topological polar surface area (TPSA) is 89.7 Å². The monoisotopic (exact) mass is 460 g/mol. The van der Waals surface area contributed by atoms with Gasteiger partial charge in [0.1, 0.15) is 5.75 Å². The number of nitrogens with zero attached hydrogens (tertiary/aromatic N) is 3. The molecule has 162 valence electrons. The zero-order valence-corrected chi connectivity index (χ0v) is 18.4. The molecule has 2 aromatic carbocycles. The summed E-state index contributed by atoms with van der Waals surface area (Å²) in [5.41, 5.74) is 2.34. The number of methoxy groups -OCH3 is 1. The number of halogens is 1. The Kier molecular flexibility index (Phi) is 6.96. The maximum Gasteiger partial charge on any atom is 0.277 e. The van der Waals surface area contributed by atoms with Crippen LogP contribution in [0.15, 0.2) is 52.1 Å². The Labute approximate surface area is 188 Å². The lowest BCUT2D eigenvalue weighted by Gasteiger charge is -2.30. The number of morpholine rings is 1. The molecule has 0 unspecified atom stereocenters. The van der Waals surface area contributed by atoms with Crippen LogP contribution in [0.3, 0.4) is 0 Å². The lowest BCUT2D eigenvalue weighted by molar-refractivity contribution is -0.113. The van der Waals surface area contributed by atoms with E-state index in [9.17, 15) is 4.79 Å². The maximum absolute atomic E-state index is 12.6. The molecule has 1 fully saturated rings. The van der Waals surface area contributed by atoms with Crippen molar-refractivity contribution in [2.45, 2.75) is 5.22 Å². The summed E-state index contributed by atoms with van der Waals surface area (Å²) >= 11 is 7.32. The average Bonchev–Trinajstić information content (AvgIpc) is 3.28. The third kappa shape index (κ3) is 5.49. The van der Waals surface area contributed by atoms with Gasteiger partial charge in [-0.3, -0.25) is 4.79 Å². The van der Waals surface area contributed by atoms with E-state index >= 15 is 0 Å². The van der Waals surface area contributed by atoms with Gasteiger partial charge < -0.3 is 24.1 Å². The van der Waals surface area contributed by atoms with Crippen molar-refractivity contribution in [3.05, 3.63) is 47.5 Å². The summed E-state index contributed by atoms with van der Waals surface area (Å²) in [5, 5.41) is 11.9. The van der Waals surface area contributed by atoms with E-state index in [1.54, 1.807) is 19.2 Å².